The third-order valence-electron chi connectivity index (χ3n) is 3.99. The Balaban J connectivity index is 1.73. The summed E-state index contributed by atoms with van der Waals surface area (Å²) in [4.78, 5) is 18.1. The number of amides is 1. The summed E-state index contributed by atoms with van der Waals surface area (Å²) in [6.07, 6.45) is 5.55. The molecule has 1 heterocycles. The number of nitrogens with one attached hydrogen (secondary N) is 1. The van der Waals surface area contributed by atoms with Crippen LogP contribution in [0.25, 0.3) is 0 Å². The molecular weight excluding hydrogens is 334 g/mol. The topological polar surface area (TPSA) is 54.5 Å². The van der Waals surface area contributed by atoms with Gasteiger partial charge in [-0.3, -0.25) is 0 Å². The van der Waals surface area contributed by atoms with Gasteiger partial charge in [0.15, 0.2) is 0 Å². The molecule has 0 radical (unpaired) electrons. The quantitative estimate of drug-likeness (QED) is 0.880. The van der Waals surface area contributed by atoms with Gasteiger partial charge < -0.3 is 15.0 Å². The Morgan fingerprint density at radius 3 is 2.61 bits per heavy atom. The lowest BCUT2D eigenvalue weighted by molar-refractivity contribution is 0.0179. The summed E-state index contributed by atoms with van der Waals surface area (Å²) < 4.78 is 6.17. The summed E-state index contributed by atoms with van der Waals surface area (Å²) in [7, 11) is 1.84. The number of thiazole rings is 1. The van der Waals surface area contributed by atoms with E-state index in [1.54, 1.807) is 11.1 Å². The van der Waals surface area contributed by atoms with Gasteiger partial charge in [-0.25, -0.2) is 9.78 Å². The number of carbonyl (C=O) groups excluding carboxylic acids is 1. The fraction of sp³-hybridized carbons (Fsp3) is 0.750. The van der Waals surface area contributed by atoms with Crippen LogP contribution in [-0.2, 0) is 11.3 Å². The molecule has 1 aromatic heterocycles. The van der Waals surface area contributed by atoms with Crippen LogP contribution in [0.2, 0.25) is 4.34 Å². The average Bonchev–Trinajstić information content (AvgIpc) is 2.89. The Morgan fingerprint density at radius 2 is 2.09 bits per heavy atom. The first kappa shape index (κ1) is 18.5. The molecule has 1 N–H and O–H groups in total. The second kappa shape index (κ2) is 7.81. The maximum atomic E-state index is 12.1. The van der Waals surface area contributed by atoms with Gasteiger partial charge in [-0.05, 0) is 46.5 Å². The van der Waals surface area contributed by atoms with Gasteiger partial charge in [-0.1, -0.05) is 11.6 Å². The standard InChI is InChI=1S/C16H26ClN3O2S/c1-16(2,3)22-15(21)20(4)12-7-5-11(6-8-12)18-10-14-19-9-13(17)23-14/h9,11-12,18H,5-8,10H2,1-4H3. The van der Waals surface area contributed by atoms with Crippen molar-refractivity contribution in [3.63, 3.8) is 0 Å². The van der Waals surface area contributed by atoms with Crippen molar-refractivity contribution in [2.45, 2.75) is 70.7 Å². The summed E-state index contributed by atoms with van der Waals surface area (Å²) in [6.45, 7) is 6.44. The summed E-state index contributed by atoms with van der Waals surface area (Å²) in [5.74, 6) is 0. The highest BCUT2D eigenvalue weighted by atomic mass is 35.5. The van der Waals surface area contributed by atoms with Crippen LogP contribution in [0.1, 0.15) is 51.5 Å². The molecular formula is C16H26ClN3O2S. The Labute approximate surface area is 147 Å². The van der Waals surface area contributed by atoms with E-state index in [4.69, 9.17) is 16.3 Å². The van der Waals surface area contributed by atoms with Crippen LogP contribution in [0, 0.1) is 0 Å². The highest BCUT2D eigenvalue weighted by Crippen LogP contribution is 2.25. The van der Waals surface area contributed by atoms with Crippen molar-refractivity contribution < 1.29 is 9.53 Å². The zero-order valence-electron chi connectivity index (χ0n) is 14.3. The van der Waals surface area contributed by atoms with E-state index in [0.717, 1.165) is 41.6 Å². The van der Waals surface area contributed by atoms with E-state index in [0.29, 0.717) is 6.04 Å². The van der Waals surface area contributed by atoms with Crippen molar-refractivity contribution in [3.8, 4) is 0 Å². The van der Waals surface area contributed by atoms with Crippen molar-refractivity contribution in [1.29, 1.82) is 0 Å². The zero-order valence-corrected chi connectivity index (χ0v) is 15.8. The second-order valence-electron chi connectivity index (χ2n) is 7.04. The lowest BCUT2D eigenvalue weighted by atomic mass is 9.90. The molecule has 0 unspecified atom stereocenters. The monoisotopic (exact) mass is 359 g/mol. The largest absolute Gasteiger partial charge is 0.444 e. The Kier molecular flexibility index (Phi) is 6.28. The molecule has 0 bridgehead atoms. The fourth-order valence-corrected chi connectivity index (χ4v) is 3.66. The number of halogens is 1. The highest BCUT2D eigenvalue weighted by molar-refractivity contribution is 7.15. The van der Waals surface area contributed by atoms with Crippen LogP contribution in [0.15, 0.2) is 6.20 Å². The van der Waals surface area contributed by atoms with Gasteiger partial charge in [0.1, 0.15) is 14.9 Å². The van der Waals surface area contributed by atoms with Gasteiger partial charge >= 0.3 is 6.09 Å². The fourth-order valence-electron chi connectivity index (χ4n) is 2.75. The lowest BCUT2D eigenvalue weighted by Crippen LogP contribution is -2.44. The summed E-state index contributed by atoms with van der Waals surface area (Å²) in [5, 5.41) is 4.55. The van der Waals surface area contributed by atoms with Crippen molar-refractivity contribution in [2.75, 3.05) is 7.05 Å². The Bertz CT molecular complexity index is 522. The maximum Gasteiger partial charge on any atom is 0.410 e. The minimum atomic E-state index is -0.445. The number of ether oxygens (including phenoxy) is 1. The predicted octanol–water partition coefficient (Wildman–Crippen LogP) is 4.06. The van der Waals surface area contributed by atoms with E-state index in [1.165, 1.54) is 11.3 Å². The highest BCUT2D eigenvalue weighted by Gasteiger charge is 2.29. The Hall–Kier alpha value is -0.850. The van der Waals surface area contributed by atoms with Gasteiger partial charge in [0, 0.05) is 25.7 Å². The molecule has 7 heteroatoms. The van der Waals surface area contributed by atoms with E-state index in [2.05, 4.69) is 10.3 Å². The van der Waals surface area contributed by atoms with E-state index >= 15 is 0 Å². The zero-order chi connectivity index (χ0) is 17.0. The van der Waals surface area contributed by atoms with Crippen molar-refractivity contribution >= 4 is 29.0 Å². The molecule has 5 nitrogen and oxygen atoms in total. The van der Waals surface area contributed by atoms with Crippen molar-refractivity contribution in [3.05, 3.63) is 15.5 Å². The maximum absolute atomic E-state index is 12.1. The first-order valence-corrected chi connectivity index (χ1v) is 9.23. The Morgan fingerprint density at radius 1 is 1.43 bits per heavy atom. The van der Waals surface area contributed by atoms with Crippen LogP contribution < -0.4 is 5.32 Å². The van der Waals surface area contributed by atoms with Gasteiger partial charge in [0.05, 0.1) is 6.20 Å². The summed E-state index contributed by atoms with van der Waals surface area (Å²) in [6, 6.07) is 0.734. The number of carbonyl (C=O) groups is 1. The number of hydrogen-bond acceptors (Lipinski definition) is 5. The van der Waals surface area contributed by atoms with E-state index in [-0.39, 0.29) is 12.1 Å². The smallest absolute Gasteiger partial charge is 0.410 e. The van der Waals surface area contributed by atoms with Crippen LogP contribution in [-0.4, -0.2) is 40.7 Å². The van der Waals surface area contributed by atoms with Crippen LogP contribution in [0.5, 0.6) is 0 Å². The van der Waals surface area contributed by atoms with E-state index in [1.807, 2.05) is 27.8 Å². The van der Waals surface area contributed by atoms with E-state index < -0.39 is 5.60 Å². The van der Waals surface area contributed by atoms with Crippen LogP contribution in [0.4, 0.5) is 4.79 Å². The molecule has 23 heavy (non-hydrogen) atoms. The van der Waals surface area contributed by atoms with Crippen molar-refractivity contribution in [1.82, 2.24) is 15.2 Å². The van der Waals surface area contributed by atoms with E-state index in [9.17, 15) is 4.79 Å². The molecule has 0 aromatic carbocycles. The first-order valence-electron chi connectivity index (χ1n) is 8.04. The normalized spacial score (nSPS) is 22.0. The molecule has 1 aromatic rings. The summed E-state index contributed by atoms with van der Waals surface area (Å²) in [5.41, 5.74) is -0.445. The SMILES string of the molecule is CN(C(=O)OC(C)(C)C)C1CCC(NCc2ncc(Cl)s2)CC1. The molecule has 0 saturated heterocycles. The third-order valence-corrected chi connectivity index (χ3v) is 5.11. The molecule has 1 saturated carbocycles. The minimum absolute atomic E-state index is 0.230. The van der Waals surface area contributed by atoms with Gasteiger partial charge in [0.2, 0.25) is 0 Å². The number of nitrogens with zero attached hydrogens (tertiary/aromatic N) is 2. The number of rotatable bonds is 4. The number of hydrogen-bond donors (Lipinski definition) is 1. The molecule has 0 atom stereocenters. The predicted molar refractivity (Wildman–Crippen MR) is 94.0 cm³/mol. The number of aromatic nitrogens is 1. The third kappa shape index (κ3) is 5.94. The van der Waals surface area contributed by atoms with Gasteiger partial charge in [-0.2, -0.15) is 0 Å². The molecule has 130 valence electrons. The second-order valence-corrected chi connectivity index (χ2v) is 8.78. The average molecular weight is 360 g/mol. The molecule has 1 aliphatic rings. The van der Waals surface area contributed by atoms with Gasteiger partial charge in [0.25, 0.3) is 0 Å². The minimum Gasteiger partial charge on any atom is -0.444 e. The molecule has 0 spiro atoms. The summed E-state index contributed by atoms with van der Waals surface area (Å²) >= 11 is 7.40. The molecule has 2 rings (SSSR count). The molecule has 1 aliphatic carbocycles. The van der Waals surface area contributed by atoms with Crippen LogP contribution in [0.3, 0.4) is 0 Å². The van der Waals surface area contributed by atoms with Crippen molar-refractivity contribution in [2.24, 2.45) is 0 Å². The van der Waals surface area contributed by atoms with Crippen LogP contribution >= 0.6 is 22.9 Å². The lowest BCUT2D eigenvalue weighted by Gasteiger charge is -2.35. The van der Waals surface area contributed by atoms with Gasteiger partial charge in [-0.15, -0.1) is 11.3 Å². The first-order chi connectivity index (χ1) is 10.7. The molecule has 1 fully saturated rings. The molecule has 0 aliphatic heterocycles. The molecule has 1 amide bonds.